The van der Waals surface area contributed by atoms with Gasteiger partial charge in [-0.1, -0.05) is 36.4 Å². The number of aromatic nitrogens is 2. The Morgan fingerprint density at radius 2 is 1.84 bits per heavy atom. The summed E-state index contributed by atoms with van der Waals surface area (Å²) in [4.78, 5) is 25.9. The third-order valence-corrected chi connectivity index (χ3v) is 5.56. The minimum Gasteiger partial charge on any atom is -0.378 e. The van der Waals surface area contributed by atoms with Crippen LogP contribution in [0.1, 0.15) is 12.5 Å². The Balaban J connectivity index is 1.66. The number of benzene rings is 2. The van der Waals surface area contributed by atoms with Crippen molar-refractivity contribution in [3.05, 3.63) is 72.4 Å². The lowest BCUT2D eigenvalue weighted by molar-refractivity contribution is -0.114. The summed E-state index contributed by atoms with van der Waals surface area (Å²) >= 11 is 0. The molecule has 0 radical (unpaired) electrons. The molecule has 0 spiro atoms. The molecular weight excluding hydrogens is 402 g/mol. The number of hydrogen-bond acceptors (Lipinski definition) is 6. The van der Waals surface area contributed by atoms with Gasteiger partial charge in [-0.05, 0) is 30.7 Å². The van der Waals surface area contributed by atoms with Gasteiger partial charge >= 0.3 is 0 Å². The van der Waals surface area contributed by atoms with Gasteiger partial charge in [0.2, 0.25) is 11.9 Å². The number of fused-ring (bicyclic) bond motifs is 1. The number of carbonyl (C=O) groups excluding carboxylic acids is 1. The zero-order chi connectivity index (χ0) is 21.9. The van der Waals surface area contributed by atoms with E-state index in [0.29, 0.717) is 19.2 Å². The molecule has 3 heterocycles. The second-order valence-electron chi connectivity index (χ2n) is 7.83. The minimum absolute atomic E-state index is 0.0981. The first-order valence-electron chi connectivity index (χ1n) is 10.8. The van der Waals surface area contributed by atoms with Gasteiger partial charge in [0, 0.05) is 48.7 Å². The largest absolute Gasteiger partial charge is 0.378 e. The van der Waals surface area contributed by atoms with E-state index in [1.54, 1.807) is 0 Å². The van der Waals surface area contributed by atoms with Crippen LogP contribution in [0.4, 0.5) is 23.1 Å². The predicted molar refractivity (Wildman–Crippen MR) is 126 cm³/mol. The lowest BCUT2D eigenvalue weighted by Crippen LogP contribution is -2.37. The molecule has 2 aliphatic rings. The molecule has 0 aliphatic carbocycles. The lowest BCUT2D eigenvalue weighted by atomic mass is 10.0. The van der Waals surface area contributed by atoms with E-state index >= 15 is 0 Å². The zero-order valence-electron chi connectivity index (χ0n) is 18.0. The molecule has 1 N–H and O–H groups in total. The molecule has 7 heteroatoms. The van der Waals surface area contributed by atoms with Crippen molar-refractivity contribution in [1.29, 1.82) is 0 Å². The number of carbonyl (C=O) groups is 1. The van der Waals surface area contributed by atoms with E-state index in [1.165, 1.54) is 6.92 Å². The van der Waals surface area contributed by atoms with E-state index in [-0.39, 0.29) is 5.91 Å². The maximum absolute atomic E-state index is 11.6. The fourth-order valence-electron chi connectivity index (χ4n) is 4.08. The Bertz CT molecular complexity index is 1160. The first kappa shape index (κ1) is 20.2. The summed E-state index contributed by atoms with van der Waals surface area (Å²) in [6.45, 7) is 4.35. The molecule has 0 saturated carbocycles. The number of morpholine rings is 1. The Morgan fingerprint density at radius 3 is 2.62 bits per heavy atom. The topological polar surface area (TPSA) is 70.6 Å². The van der Waals surface area contributed by atoms with E-state index in [0.717, 1.165) is 53.5 Å². The third-order valence-electron chi connectivity index (χ3n) is 5.56. The van der Waals surface area contributed by atoms with Crippen LogP contribution in [0, 0.1) is 0 Å². The van der Waals surface area contributed by atoms with Crippen molar-refractivity contribution in [2.75, 3.05) is 41.4 Å². The quantitative estimate of drug-likeness (QED) is 0.675. The molecular formula is C25H25N5O2. The number of rotatable bonds is 4. The first-order valence-corrected chi connectivity index (χ1v) is 10.8. The molecule has 162 valence electrons. The highest BCUT2D eigenvalue weighted by atomic mass is 16.5. The molecule has 2 aromatic carbocycles. The SMILES string of the molecule is CC(=O)Nc1cccc(-c2nc(N3CCOCC3)nc3c2CC=CN3c2ccccc2)c1. The molecule has 7 nitrogen and oxygen atoms in total. The van der Waals surface area contributed by atoms with Gasteiger partial charge in [-0.15, -0.1) is 0 Å². The van der Waals surface area contributed by atoms with Gasteiger partial charge < -0.3 is 19.9 Å². The van der Waals surface area contributed by atoms with Crippen LogP contribution in [0.2, 0.25) is 0 Å². The van der Waals surface area contributed by atoms with Crippen molar-refractivity contribution in [2.45, 2.75) is 13.3 Å². The van der Waals surface area contributed by atoms with Gasteiger partial charge in [0.1, 0.15) is 5.82 Å². The highest BCUT2D eigenvalue weighted by molar-refractivity contribution is 5.90. The van der Waals surface area contributed by atoms with Gasteiger partial charge in [-0.2, -0.15) is 4.98 Å². The molecule has 1 aromatic heterocycles. The Labute approximate surface area is 187 Å². The highest BCUT2D eigenvalue weighted by Gasteiger charge is 2.25. The smallest absolute Gasteiger partial charge is 0.228 e. The summed E-state index contributed by atoms with van der Waals surface area (Å²) in [5, 5.41) is 2.87. The van der Waals surface area contributed by atoms with E-state index in [4.69, 9.17) is 14.7 Å². The number of anilines is 4. The number of nitrogens with zero attached hydrogens (tertiary/aromatic N) is 4. The molecule has 2 aliphatic heterocycles. The fraction of sp³-hybridized carbons (Fsp3) is 0.240. The summed E-state index contributed by atoms with van der Waals surface area (Å²) in [6, 6.07) is 18.0. The lowest BCUT2D eigenvalue weighted by Gasteiger charge is -2.31. The van der Waals surface area contributed by atoms with Crippen LogP contribution in [0.25, 0.3) is 11.3 Å². The summed E-state index contributed by atoms with van der Waals surface area (Å²) < 4.78 is 5.53. The molecule has 1 fully saturated rings. The Hall–Kier alpha value is -3.71. The standard InChI is InChI=1S/C25H25N5O2/c1-18(31)26-20-8-5-7-19(17-20)23-22-11-6-12-30(21-9-3-2-4-10-21)24(22)28-25(27-23)29-13-15-32-16-14-29/h2-10,12,17H,11,13-16H2,1H3,(H,26,31). The van der Waals surface area contributed by atoms with Gasteiger partial charge in [-0.25, -0.2) is 4.98 Å². The van der Waals surface area contributed by atoms with Crippen LogP contribution >= 0.6 is 0 Å². The summed E-state index contributed by atoms with van der Waals surface area (Å²) in [7, 11) is 0. The van der Waals surface area contributed by atoms with E-state index in [2.05, 4.69) is 39.5 Å². The van der Waals surface area contributed by atoms with Crippen molar-refractivity contribution < 1.29 is 9.53 Å². The summed E-state index contributed by atoms with van der Waals surface area (Å²) in [5.41, 5.74) is 4.70. The second-order valence-corrected chi connectivity index (χ2v) is 7.83. The number of ether oxygens (including phenoxy) is 1. The number of allylic oxidation sites excluding steroid dienone is 1. The normalized spacial score (nSPS) is 15.4. The van der Waals surface area contributed by atoms with Gasteiger partial charge in [0.15, 0.2) is 0 Å². The van der Waals surface area contributed by atoms with Crippen LogP contribution in [0.5, 0.6) is 0 Å². The average Bonchev–Trinajstić information content (AvgIpc) is 2.84. The number of amides is 1. The Kier molecular flexibility index (Phi) is 5.56. The third kappa shape index (κ3) is 4.07. The van der Waals surface area contributed by atoms with Crippen molar-refractivity contribution in [1.82, 2.24) is 9.97 Å². The number of para-hydroxylation sites is 1. The van der Waals surface area contributed by atoms with Gasteiger partial charge in [0.25, 0.3) is 0 Å². The monoisotopic (exact) mass is 427 g/mol. The van der Waals surface area contributed by atoms with Crippen LogP contribution < -0.4 is 15.1 Å². The average molecular weight is 428 g/mol. The fourth-order valence-corrected chi connectivity index (χ4v) is 4.08. The van der Waals surface area contributed by atoms with Crippen molar-refractivity contribution in [3.8, 4) is 11.3 Å². The molecule has 1 amide bonds. The molecule has 0 unspecified atom stereocenters. The van der Waals surface area contributed by atoms with Crippen LogP contribution in [0.15, 0.2) is 66.9 Å². The van der Waals surface area contributed by atoms with Crippen molar-refractivity contribution in [2.24, 2.45) is 0 Å². The maximum atomic E-state index is 11.6. The zero-order valence-corrected chi connectivity index (χ0v) is 18.0. The van der Waals surface area contributed by atoms with Crippen LogP contribution in [0.3, 0.4) is 0 Å². The molecule has 0 atom stereocenters. The molecule has 5 rings (SSSR count). The second kappa shape index (κ2) is 8.80. The van der Waals surface area contributed by atoms with Crippen molar-refractivity contribution >= 4 is 29.0 Å². The minimum atomic E-state index is -0.0981. The van der Waals surface area contributed by atoms with Gasteiger partial charge in [0.05, 0.1) is 18.9 Å². The van der Waals surface area contributed by atoms with Crippen molar-refractivity contribution in [3.63, 3.8) is 0 Å². The molecule has 1 saturated heterocycles. The Morgan fingerprint density at radius 1 is 1.03 bits per heavy atom. The first-order chi connectivity index (χ1) is 15.7. The summed E-state index contributed by atoms with van der Waals surface area (Å²) in [6.07, 6.45) is 4.95. The van der Waals surface area contributed by atoms with E-state index in [1.807, 2.05) is 42.5 Å². The molecule has 0 bridgehead atoms. The molecule has 3 aromatic rings. The van der Waals surface area contributed by atoms with Crippen LogP contribution in [-0.2, 0) is 16.0 Å². The highest BCUT2D eigenvalue weighted by Crippen LogP contribution is 2.38. The molecule has 32 heavy (non-hydrogen) atoms. The number of nitrogens with one attached hydrogen (secondary N) is 1. The number of hydrogen-bond donors (Lipinski definition) is 1. The van der Waals surface area contributed by atoms with E-state index < -0.39 is 0 Å². The summed E-state index contributed by atoms with van der Waals surface area (Å²) in [5.74, 6) is 1.48. The predicted octanol–water partition coefficient (Wildman–Crippen LogP) is 4.15. The maximum Gasteiger partial charge on any atom is 0.228 e. The van der Waals surface area contributed by atoms with E-state index in [9.17, 15) is 4.79 Å². The van der Waals surface area contributed by atoms with Gasteiger partial charge in [-0.3, -0.25) is 4.79 Å². The van der Waals surface area contributed by atoms with Crippen LogP contribution in [-0.4, -0.2) is 42.2 Å².